The van der Waals surface area contributed by atoms with Crippen molar-refractivity contribution >= 4 is 33.4 Å². The highest BCUT2D eigenvalue weighted by molar-refractivity contribution is 7.94. The summed E-state index contributed by atoms with van der Waals surface area (Å²) in [6.07, 6.45) is 1.48. The SMILES string of the molecule is CC(C)OCCCNC(=O)CN1c2ccccc2N(CC(=O)NCCCOC(C)C)S1(=O)=O. The van der Waals surface area contributed by atoms with Gasteiger partial charge < -0.3 is 20.1 Å². The number of fused-ring (bicyclic) bond motifs is 1. The Morgan fingerprint density at radius 1 is 0.818 bits per heavy atom. The Hall–Kier alpha value is -2.37. The maximum atomic E-state index is 13.2. The van der Waals surface area contributed by atoms with Gasteiger partial charge >= 0.3 is 10.2 Å². The molecule has 0 aliphatic carbocycles. The van der Waals surface area contributed by atoms with E-state index < -0.39 is 22.0 Å². The molecule has 0 unspecified atom stereocenters. The van der Waals surface area contributed by atoms with Crippen molar-refractivity contribution in [1.82, 2.24) is 10.6 Å². The topological polar surface area (TPSA) is 117 Å². The smallest absolute Gasteiger partial charge is 0.327 e. The first-order valence-corrected chi connectivity index (χ1v) is 12.7. The molecule has 0 saturated heterocycles. The van der Waals surface area contributed by atoms with Crippen molar-refractivity contribution < 1.29 is 27.5 Å². The van der Waals surface area contributed by atoms with E-state index in [0.717, 1.165) is 8.61 Å². The minimum absolute atomic E-state index is 0.114. The van der Waals surface area contributed by atoms with Crippen LogP contribution in [-0.2, 0) is 29.3 Å². The number of hydrogen-bond acceptors (Lipinski definition) is 6. The fourth-order valence-electron chi connectivity index (χ4n) is 3.20. The van der Waals surface area contributed by atoms with Gasteiger partial charge in [-0.15, -0.1) is 0 Å². The van der Waals surface area contributed by atoms with Gasteiger partial charge in [0.05, 0.1) is 23.6 Å². The minimum Gasteiger partial charge on any atom is -0.379 e. The van der Waals surface area contributed by atoms with Crippen molar-refractivity contribution in [3.05, 3.63) is 24.3 Å². The van der Waals surface area contributed by atoms with Gasteiger partial charge in [-0.25, -0.2) is 8.61 Å². The van der Waals surface area contributed by atoms with Crippen LogP contribution in [0.15, 0.2) is 24.3 Å². The Morgan fingerprint density at radius 2 is 1.21 bits per heavy atom. The van der Waals surface area contributed by atoms with Crippen LogP contribution >= 0.6 is 0 Å². The zero-order valence-electron chi connectivity index (χ0n) is 19.9. The van der Waals surface area contributed by atoms with Crippen molar-refractivity contribution in [2.24, 2.45) is 0 Å². The van der Waals surface area contributed by atoms with Crippen LogP contribution in [0.25, 0.3) is 0 Å². The second-order valence-electron chi connectivity index (χ2n) is 8.26. The standard InChI is InChI=1S/C22H36N4O6S/c1-17(2)31-13-7-11-23-21(27)15-25-19-9-5-6-10-20(19)26(33(25,29)30)16-22(28)24-12-8-14-32-18(3)4/h5-6,9-10,17-18H,7-8,11-16H2,1-4H3,(H,23,27)(H,24,28). The number of amides is 2. The summed E-state index contributed by atoms with van der Waals surface area (Å²) in [4.78, 5) is 24.8. The molecule has 0 bridgehead atoms. The van der Waals surface area contributed by atoms with E-state index in [1.54, 1.807) is 24.3 Å². The summed E-state index contributed by atoms with van der Waals surface area (Å²) in [5.74, 6) is -0.844. The van der Waals surface area contributed by atoms with Crippen molar-refractivity contribution in [3.63, 3.8) is 0 Å². The maximum Gasteiger partial charge on any atom is 0.327 e. The molecule has 1 aliphatic rings. The second-order valence-corrected chi connectivity index (χ2v) is 10.0. The molecule has 10 nitrogen and oxygen atoms in total. The molecule has 1 aliphatic heterocycles. The summed E-state index contributed by atoms with van der Waals surface area (Å²) < 4.78 is 39.3. The Labute approximate surface area is 196 Å². The monoisotopic (exact) mass is 484 g/mol. The number of anilines is 2. The molecule has 2 rings (SSSR count). The van der Waals surface area contributed by atoms with E-state index in [9.17, 15) is 18.0 Å². The lowest BCUT2D eigenvalue weighted by Gasteiger charge is -2.21. The molecule has 33 heavy (non-hydrogen) atoms. The van der Waals surface area contributed by atoms with Gasteiger partial charge in [0.25, 0.3) is 0 Å². The molecule has 186 valence electrons. The van der Waals surface area contributed by atoms with Crippen LogP contribution in [-0.4, -0.2) is 71.8 Å². The van der Waals surface area contributed by atoms with Crippen LogP contribution in [0.5, 0.6) is 0 Å². The Morgan fingerprint density at radius 3 is 1.58 bits per heavy atom. The van der Waals surface area contributed by atoms with E-state index in [4.69, 9.17) is 9.47 Å². The van der Waals surface area contributed by atoms with Gasteiger partial charge in [0, 0.05) is 26.3 Å². The predicted octanol–water partition coefficient (Wildman–Crippen LogP) is 1.42. The Bertz CT molecular complexity index is 826. The third-order valence-electron chi connectivity index (χ3n) is 4.74. The molecule has 11 heteroatoms. The van der Waals surface area contributed by atoms with Gasteiger partial charge in [0.2, 0.25) is 11.8 Å². The van der Waals surface area contributed by atoms with E-state index in [-0.39, 0.29) is 25.3 Å². The van der Waals surface area contributed by atoms with Crippen LogP contribution in [0.1, 0.15) is 40.5 Å². The van der Waals surface area contributed by atoms with Gasteiger partial charge in [-0.05, 0) is 52.7 Å². The molecular weight excluding hydrogens is 448 g/mol. The third-order valence-corrected chi connectivity index (χ3v) is 6.51. The van der Waals surface area contributed by atoms with Gasteiger partial charge in [0.1, 0.15) is 13.1 Å². The minimum atomic E-state index is -4.07. The largest absolute Gasteiger partial charge is 0.379 e. The van der Waals surface area contributed by atoms with E-state index in [1.807, 2.05) is 27.7 Å². The van der Waals surface area contributed by atoms with Gasteiger partial charge in [-0.2, -0.15) is 8.42 Å². The molecule has 2 N–H and O–H groups in total. The van der Waals surface area contributed by atoms with Crippen LogP contribution in [0.2, 0.25) is 0 Å². The van der Waals surface area contributed by atoms with E-state index in [2.05, 4.69) is 10.6 Å². The number of para-hydroxylation sites is 2. The van der Waals surface area contributed by atoms with Gasteiger partial charge in [0.15, 0.2) is 0 Å². The fourth-order valence-corrected chi connectivity index (χ4v) is 4.80. The molecular formula is C22H36N4O6S. The number of carbonyl (C=O) groups excluding carboxylic acids is 2. The molecule has 1 aromatic rings. The molecule has 1 aromatic carbocycles. The number of benzene rings is 1. The summed E-state index contributed by atoms with van der Waals surface area (Å²) in [7, 11) is -4.07. The zero-order chi connectivity index (χ0) is 24.4. The summed E-state index contributed by atoms with van der Waals surface area (Å²) in [5, 5.41) is 5.44. The molecule has 0 fully saturated rings. The van der Waals surface area contributed by atoms with E-state index in [0.29, 0.717) is 50.5 Å². The van der Waals surface area contributed by atoms with Crippen LogP contribution < -0.4 is 19.2 Å². The van der Waals surface area contributed by atoms with E-state index in [1.165, 1.54) is 0 Å². The maximum absolute atomic E-state index is 13.2. The fraction of sp³-hybridized carbons (Fsp3) is 0.636. The molecule has 1 heterocycles. The highest BCUT2D eigenvalue weighted by atomic mass is 32.2. The van der Waals surface area contributed by atoms with Crippen LogP contribution in [0.4, 0.5) is 11.4 Å². The zero-order valence-corrected chi connectivity index (χ0v) is 20.7. The Balaban J connectivity index is 1.95. The number of ether oxygens (including phenoxy) is 2. The molecule has 0 radical (unpaired) electrons. The predicted molar refractivity (Wildman–Crippen MR) is 127 cm³/mol. The van der Waals surface area contributed by atoms with Crippen LogP contribution in [0, 0.1) is 0 Å². The van der Waals surface area contributed by atoms with Gasteiger partial charge in [-0.1, -0.05) is 12.1 Å². The average molecular weight is 485 g/mol. The van der Waals surface area contributed by atoms with Crippen LogP contribution in [0.3, 0.4) is 0 Å². The third kappa shape index (κ3) is 8.17. The number of nitrogens with zero attached hydrogens (tertiary/aromatic N) is 2. The number of hydrogen-bond donors (Lipinski definition) is 2. The number of carbonyl (C=O) groups is 2. The lowest BCUT2D eigenvalue weighted by Crippen LogP contribution is -2.46. The van der Waals surface area contributed by atoms with E-state index >= 15 is 0 Å². The molecule has 0 spiro atoms. The first-order chi connectivity index (χ1) is 15.6. The van der Waals surface area contributed by atoms with Crippen molar-refractivity contribution in [3.8, 4) is 0 Å². The first-order valence-electron chi connectivity index (χ1n) is 11.3. The van der Waals surface area contributed by atoms with Gasteiger partial charge in [-0.3, -0.25) is 9.59 Å². The van der Waals surface area contributed by atoms with Crippen molar-refractivity contribution in [1.29, 1.82) is 0 Å². The normalized spacial score (nSPS) is 14.6. The molecule has 0 saturated carbocycles. The lowest BCUT2D eigenvalue weighted by molar-refractivity contribution is -0.120. The highest BCUT2D eigenvalue weighted by Gasteiger charge is 2.41. The summed E-state index contributed by atoms with van der Waals surface area (Å²) >= 11 is 0. The first kappa shape index (κ1) is 26.9. The second kappa shape index (κ2) is 12.8. The average Bonchev–Trinajstić information content (AvgIpc) is 2.94. The Kier molecular flexibility index (Phi) is 10.4. The molecule has 0 atom stereocenters. The lowest BCUT2D eigenvalue weighted by atomic mass is 10.2. The summed E-state index contributed by atoms with van der Waals surface area (Å²) in [6.45, 7) is 8.78. The quantitative estimate of drug-likeness (QED) is 0.386. The molecule has 2 amide bonds. The van der Waals surface area contributed by atoms with Crippen molar-refractivity contribution in [2.45, 2.75) is 52.7 Å². The highest BCUT2D eigenvalue weighted by Crippen LogP contribution is 2.40. The molecule has 0 aromatic heterocycles. The summed E-state index contributed by atoms with van der Waals surface area (Å²) in [5.41, 5.74) is 0.739. The van der Waals surface area contributed by atoms with Crippen molar-refractivity contribution in [2.75, 3.05) is 48.0 Å². The summed E-state index contributed by atoms with van der Waals surface area (Å²) in [6, 6.07) is 6.64. The number of nitrogens with one attached hydrogen (secondary N) is 2. The number of rotatable bonds is 14.